The number of rotatable bonds is 9. The second-order valence-corrected chi connectivity index (χ2v) is 9.66. The Labute approximate surface area is 226 Å². The number of amides is 2. The molecule has 0 bridgehead atoms. The Balaban J connectivity index is 1.32. The maximum absolute atomic E-state index is 12.7. The van der Waals surface area contributed by atoms with E-state index in [1.54, 1.807) is 30.6 Å². The van der Waals surface area contributed by atoms with Gasteiger partial charge in [0.15, 0.2) is 0 Å². The first-order chi connectivity index (χ1) is 18.8. The molecule has 1 aliphatic rings. The molecule has 196 valence electrons. The summed E-state index contributed by atoms with van der Waals surface area (Å²) in [6, 6.07) is 20.4. The number of anilines is 2. The van der Waals surface area contributed by atoms with Gasteiger partial charge < -0.3 is 21.1 Å². The van der Waals surface area contributed by atoms with E-state index in [0.717, 1.165) is 35.2 Å². The molecule has 4 aromatic rings. The molecule has 5 rings (SSSR count). The third-order valence-corrected chi connectivity index (χ3v) is 6.75. The molecule has 1 saturated carbocycles. The SMILES string of the molecule is C=CC(=O)NCc1cc(-c2cncc(NC3(c4cccc(NC(=O)c5ccc(C)cc5)c4)CC3)n2)ccc1O. The van der Waals surface area contributed by atoms with Gasteiger partial charge in [0, 0.05) is 28.9 Å². The van der Waals surface area contributed by atoms with Crippen molar-refractivity contribution in [3.8, 4) is 17.0 Å². The van der Waals surface area contributed by atoms with Crippen LogP contribution in [0.5, 0.6) is 5.75 Å². The maximum Gasteiger partial charge on any atom is 0.255 e. The minimum atomic E-state index is -0.320. The number of nitrogens with one attached hydrogen (secondary N) is 3. The van der Waals surface area contributed by atoms with Gasteiger partial charge in [-0.15, -0.1) is 0 Å². The van der Waals surface area contributed by atoms with E-state index >= 15 is 0 Å². The van der Waals surface area contributed by atoms with Crippen molar-refractivity contribution >= 4 is 23.3 Å². The topological polar surface area (TPSA) is 116 Å². The molecule has 0 atom stereocenters. The number of nitrogens with zero attached hydrogens (tertiary/aromatic N) is 2. The van der Waals surface area contributed by atoms with E-state index in [2.05, 4.69) is 27.5 Å². The van der Waals surface area contributed by atoms with Crippen LogP contribution in [0.2, 0.25) is 0 Å². The average molecular weight is 520 g/mol. The second-order valence-electron chi connectivity index (χ2n) is 9.66. The minimum absolute atomic E-state index is 0.0802. The smallest absolute Gasteiger partial charge is 0.255 e. The van der Waals surface area contributed by atoms with Gasteiger partial charge in [-0.05, 0) is 73.9 Å². The fraction of sp³-hybridized carbons (Fsp3) is 0.161. The Kier molecular flexibility index (Phi) is 7.10. The van der Waals surface area contributed by atoms with Crippen LogP contribution in [0.15, 0.2) is 91.8 Å². The number of hydrogen-bond acceptors (Lipinski definition) is 6. The molecule has 1 fully saturated rings. The van der Waals surface area contributed by atoms with Gasteiger partial charge in [-0.3, -0.25) is 14.6 Å². The zero-order valence-electron chi connectivity index (χ0n) is 21.6. The predicted molar refractivity (Wildman–Crippen MR) is 151 cm³/mol. The van der Waals surface area contributed by atoms with Crippen molar-refractivity contribution in [3.05, 3.63) is 114 Å². The van der Waals surface area contributed by atoms with Crippen LogP contribution >= 0.6 is 0 Å². The summed E-state index contributed by atoms with van der Waals surface area (Å²) in [7, 11) is 0. The molecule has 0 aliphatic heterocycles. The van der Waals surface area contributed by atoms with Crippen molar-refractivity contribution in [2.75, 3.05) is 10.6 Å². The van der Waals surface area contributed by atoms with Crippen LogP contribution in [0, 0.1) is 6.92 Å². The van der Waals surface area contributed by atoms with Crippen LogP contribution in [0.1, 0.15) is 39.9 Å². The van der Waals surface area contributed by atoms with Crippen molar-refractivity contribution in [2.24, 2.45) is 0 Å². The summed E-state index contributed by atoms with van der Waals surface area (Å²) in [5.74, 6) is 0.227. The van der Waals surface area contributed by atoms with E-state index in [0.29, 0.717) is 22.6 Å². The van der Waals surface area contributed by atoms with Crippen molar-refractivity contribution in [3.63, 3.8) is 0 Å². The van der Waals surface area contributed by atoms with Gasteiger partial charge in [0.05, 0.1) is 23.6 Å². The van der Waals surface area contributed by atoms with Gasteiger partial charge in [-0.25, -0.2) is 4.98 Å². The standard InChI is InChI=1S/C31H29N5O3/c1-3-29(38)33-17-23-15-22(11-12-27(23)37)26-18-32-19-28(35-26)36-31(13-14-31)24-5-4-6-25(16-24)34-30(39)21-9-7-20(2)8-10-21/h3-12,15-16,18-19,37H,1,13-14,17H2,2H3,(H,33,38)(H,34,39)(H,35,36). The van der Waals surface area contributed by atoms with Gasteiger partial charge in [0.1, 0.15) is 11.6 Å². The molecule has 0 unspecified atom stereocenters. The third-order valence-electron chi connectivity index (χ3n) is 6.75. The van der Waals surface area contributed by atoms with Gasteiger partial charge in [0.2, 0.25) is 5.91 Å². The Morgan fingerprint density at radius 1 is 1.05 bits per heavy atom. The van der Waals surface area contributed by atoms with Gasteiger partial charge in [-0.2, -0.15) is 0 Å². The van der Waals surface area contributed by atoms with Crippen molar-refractivity contribution in [1.29, 1.82) is 0 Å². The summed E-state index contributed by atoms with van der Waals surface area (Å²) >= 11 is 0. The summed E-state index contributed by atoms with van der Waals surface area (Å²) in [5, 5.41) is 19.4. The van der Waals surface area contributed by atoms with Gasteiger partial charge >= 0.3 is 0 Å². The first-order valence-electron chi connectivity index (χ1n) is 12.7. The minimum Gasteiger partial charge on any atom is -0.508 e. The molecule has 0 spiro atoms. The van der Waals surface area contributed by atoms with Crippen LogP contribution in [-0.4, -0.2) is 26.9 Å². The first kappa shape index (κ1) is 25.7. The van der Waals surface area contributed by atoms with Crippen molar-refractivity contribution in [1.82, 2.24) is 15.3 Å². The van der Waals surface area contributed by atoms with Crippen LogP contribution < -0.4 is 16.0 Å². The fourth-order valence-electron chi connectivity index (χ4n) is 4.37. The number of carbonyl (C=O) groups excluding carboxylic acids is 2. The van der Waals surface area contributed by atoms with Crippen LogP contribution in [0.25, 0.3) is 11.3 Å². The Morgan fingerprint density at radius 3 is 2.59 bits per heavy atom. The van der Waals surface area contributed by atoms with Gasteiger partial charge in [0.25, 0.3) is 5.91 Å². The van der Waals surface area contributed by atoms with Crippen LogP contribution in [-0.2, 0) is 16.9 Å². The van der Waals surface area contributed by atoms with E-state index in [-0.39, 0.29) is 29.6 Å². The lowest BCUT2D eigenvalue weighted by atomic mass is 10.0. The highest BCUT2D eigenvalue weighted by Crippen LogP contribution is 2.48. The molecular formula is C31H29N5O3. The lowest BCUT2D eigenvalue weighted by molar-refractivity contribution is -0.116. The molecule has 39 heavy (non-hydrogen) atoms. The van der Waals surface area contributed by atoms with Crippen molar-refractivity contribution < 1.29 is 14.7 Å². The number of aryl methyl sites for hydroxylation is 1. The summed E-state index contributed by atoms with van der Waals surface area (Å²) < 4.78 is 0. The molecule has 8 nitrogen and oxygen atoms in total. The monoisotopic (exact) mass is 519 g/mol. The highest BCUT2D eigenvalue weighted by Gasteiger charge is 2.45. The molecule has 1 heterocycles. The summed E-state index contributed by atoms with van der Waals surface area (Å²) in [5.41, 5.74) is 5.15. The third kappa shape index (κ3) is 5.96. The number of aromatic hydroxyl groups is 1. The molecule has 1 aliphatic carbocycles. The number of hydrogen-bond donors (Lipinski definition) is 4. The number of benzene rings is 3. The molecule has 1 aromatic heterocycles. The normalized spacial score (nSPS) is 13.3. The molecule has 4 N–H and O–H groups in total. The predicted octanol–water partition coefficient (Wildman–Crippen LogP) is 5.31. The highest BCUT2D eigenvalue weighted by molar-refractivity contribution is 6.04. The summed E-state index contributed by atoms with van der Waals surface area (Å²) in [4.78, 5) is 33.4. The number of aromatic nitrogens is 2. The Morgan fingerprint density at radius 2 is 1.85 bits per heavy atom. The number of phenolic OH excluding ortho intramolecular Hbond substituents is 1. The molecule has 2 amide bonds. The zero-order chi connectivity index (χ0) is 27.4. The quantitative estimate of drug-likeness (QED) is 0.223. The summed E-state index contributed by atoms with van der Waals surface area (Å²) in [6.45, 7) is 5.59. The molecule has 8 heteroatoms. The largest absolute Gasteiger partial charge is 0.508 e. The van der Waals surface area contributed by atoms with E-state index in [1.165, 1.54) is 6.08 Å². The van der Waals surface area contributed by atoms with E-state index in [1.807, 2.05) is 55.5 Å². The molecule has 0 radical (unpaired) electrons. The molecule has 3 aromatic carbocycles. The zero-order valence-corrected chi connectivity index (χ0v) is 21.6. The number of carbonyl (C=O) groups is 2. The average Bonchev–Trinajstić information content (AvgIpc) is 3.73. The number of phenols is 1. The first-order valence-corrected chi connectivity index (χ1v) is 12.7. The van der Waals surface area contributed by atoms with Gasteiger partial charge in [-0.1, -0.05) is 36.4 Å². The van der Waals surface area contributed by atoms with E-state index in [4.69, 9.17) is 4.98 Å². The van der Waals surface area contributed by atoms with E-state index < -0.39 is 0 Å². The Bertz CT molecular complexity index is 1540. The van der Waals surface area contributed by atoms with Crippen molar-refractivity contribution in [2.45, 2.75) is 31.8 Å². The van der Waals surface area contributed by atoms with Crippen LogP contribution in [0.3, 0.4) is 0 Å². The lowest BCUT2D eigenvalue weighted by Crippen LogP contribution is -2.20. The maximum atomic E-state index is 12.7. The van der Waals surface area contributed by atoms with E-state index in [9.17, 15) is 14.7 Å². The summed E-state index contributed by atoms with van der Waals surface area (Å²) in [6.07, 6.45) is 6.35. The van der Waals surface area contributed by atoms with Crippen LogP contribution in [0.4, 0.5) is 11.5 Å². The lowest BCUT2D eigenvalue weighted by Gasteiger charge is -2.20. The Hall–Kier alpha value is -4.98. The highest BCUT2D eigenvalue weighted by atomic mass is 16.3. The molecular weight excluding hydrogens is 490 g/mol. The second kappa shape index (κ2) is 10.8. The molecule has 0 saturated heterocycles. The fourth-order valence-corrected chi connectivity index (χ4v) is 4.37.